The Bertz CT molecular complexity index is 1340. The van der Waals surface area contributed by atoms with Gasteiger partial charge in [0.2, 0.25) is 0 Å². The number of hydrogen-bond donors (Lipinski definition) is 3. The first-order valence-electron chi connectivity index (χ1n) is 12.8. The van der Waals surface area contributed by atoms with Crippen LogP contribution in [0.1, 0.15) is 39.9 Å². The Labute approximate surface area is 219 Å². The van der Waals surface area contributed by atoms with Crippen LogP contribution in [0.4, 0.5) is 9.18 Å². The number of amides is 4. The number of carbonyl (C=O) groups is 3. The highest BCUT2D eigenvalue weighted by molar-refractivity contribution is 6.08. The maximum atomic E-state index is 14.9. The zero-order chi connectivity index (χ0) is 26.6. The van der Waals surface area contributed by atoms with Gasteiger partial charge in [-0.15, -0.1) is 0 Å². The molecule has 10 nitrogen and oxygen atoms in total. The maximum Gasteiger partial charge on any atom is 0.322 e. The van der Waals surface area contributed by atoms with Crippen LogP contribution in [0.3, 0.4) is 0 Å². The van der Waals surface area contributed by atoms with E-state index < -0.39 is 29.2 Å². The number of benzene rings is 2. The molecule has 1 atom stereocenters. The van der Waals surface area contributed by atoms with E-state index in [-0.39, 0.29) is 24.4 Å². The molecule has 6 rings (SSSR count). The van der Waals surface area contributed by atoms with Gasteiger partial charge in [-0.1, -0.05) is 30.3 Å². The Morgan fingerprint density at radius 2 is 1.79 bits per heavy atom. The summed E-state index contributed by atoms with van der Waals surface area (Å²) in [6.07, 6.45) is 2.53. The number of nitrogens with one attached hydrogen (secondary N) is 3. The summed E-state index contributed by atoms with van der Waals surface area (Å²) < 4.78 is 19.9. The molecule has 3 N–H and O–H groups in total. The third kappa shape index (κ3) is 3.97. The standard InChI is InChI=1S/C27H29FN6O4/c1-38-20-9-4-17-14-34(24(35)21(17)22(20)28)15-27(25(36)30-26(37)31-27)18-5-2-16(3-6-18)23(29)33-12-10-32(11-13-33)19-7-8-19/h2-6,9,19,29H,7-8,10-15H2,1H3,(H2,30,31,36,37)/t27-/m0/s1. The third-order valence-corrected chi connectivity index (χ3v) is 7.99. The minimum absolute atomic E-state index is 0.0347. The van der Waals surface area contributed by atoms with E-state index >= 15 is 0 Å². The Kier molecular flexibility index (Phi) is 5.82. The molecular weight excluding hydrogens is 491 g/mol. The van der Waals surface area contributed by atoms with E-state index in [9.17, 15) is 18.8 Å². The fourth-order valence-electron chi connectivity index (χ4n) is 5.71. The van der Waals surface area contributed by atoms with Crippen LogP contribution in [-0.2, 0) is 16.9 Å². The highest BCUT2D eigenvalue weighted by atomic mass is 19.1. The third-order valence-electron chi connectivity index (χ3n) is 7.99. The average Bonchev–Trinajstić information content (AvgIpc) is 3.67. The summed E-state index contributed by atoms with van der Waals surface area (Å²) in [4.78, 5) is 44.4. The van der Waals surface area contributed by atoms with Crippen molar-refractivity contribution >= 4 is 23.7 Å². The quantitative estimate of drug-likeness (QED) is 0.303. The van der Waals surface area contributed by atoms with E-state index in [1.165, 1.54) is 30.9 Å². The van der Waals surface area contributed by atoms with Crippen molar-refractivity contribution in [1.29, 1.82) is 5.41 Å². The summed E-state index contributed by atoms with van der Waals surface area (Å²) >= 11 is 0. The van der Waals surface area contributed by atoms with Gasteiger partial charge >= 0.3 is 6.03 Å². The van der Waals surface area contributed by atoms with E-state index in [1.807, 2.05) is 0 Å². The van der Waals surface area contributed by atoms with Crippen molar-refractivity contribution in [2.45, 2.75) is 31.0 Å². The van der Waals surface area contributed by atoms with Crippen LogP contribution < -0.4 is 15.4 Å². The Morgan fingerprint density at radius 1 is 1.08 bits per heavy atom. The van der Waals surface area contributed by atoms with Gasteiger partial charge in [0, 0.05) is 44.3 Å². The second-order valence-corrected chi connectivity index (χ2v) is 10.3. The van der Waals surface area contributed by atoms with Gasteiger partial charge in [0.05, 0.1) is 19.2 Å². The lowest BCUT2D eigenvalue weighted by atomic mass is 9.88. The molecule has 1 saturated carbocycles. The molecule has 3 heterocycles. The molecule has 4 amide bonds. The summed E-state index contributed by atoms with van der Waals surface area (Å²) in [5.74, 6) is -1.54. The molecule has 0 spiro atoms. The van der Waals surface area contributed by atoms with Gasteiger partial charge in [-0.3, -0.25) is 25.2 Å². The largest absolute Gasteiger partial charge is 0.494 e. The molecule has 2 aromatic rings. The highest BCUT2D eigenvalue weighted by Gasteiger charge is 2.51. The van der Waals surface area contributed by atoms with Crippen LogP contribution in [0.5, 0.6) is 5.75 Å². The summed E-state index contributed by atoms with van der Waals surface area (Å²) in [6, 6.07) is 10.1. The Morgan fingerprint density at radius 3 is 2.39 bits per heavy atom. The summed E-state index contributed by atoms with van der Waals surface area (Å²) in [6.45, 7) is 3.38. The first-order chi connectivity index (χ1) is 18.3. The second kappa shape index (κ2) is 9.09. The molecule has 1 aliphatic carbocycles. The predicted molar refractivity (Wildman–Crippen MR) is 135 cm³/mol. The SMILES string of the molecule is COc1ccc2c(c1F)C(=O)N(C[C@@]1(c3ccc(C(=N)N4CCN(C5CC5)CC4)cc3)NC(=O)NC1=O)C2. The molecule has 2 saturated heterocycles. The number of rotatable bonds is 6. The van der Waals surface area contributed by atoms with Gasteiger partial charge in [0.25, 0.3) is 11.8 Å². The van der Waals surface area contributed by atoms with Gasteiger partial charge in [0.15, 0.2) is 17.1 Å². The number of nitrogens with zero attached hydrogens (tertiary/aromatic N) is 3. The van der Waals surface area contributed by atoms with Crippen molar-refractivity contribution in [3.63, 3.8) is 0 Å². The number of carbonyl (C=O) groups excluding carboxylic acids is 3. The lowest BCUT2D eigenvalue weighted by Gasteiger charge is -2.36. The number of imide groups is 1. The van der Waals surface area contributed by atoms with Crippen molar-refractivity contribution in [3.05, 3.63) is 64.5 Å². The van der Waals surface area contributed by atoms with Crippen LogP contribution in [0.2, 0.25) is 0 Å². The van der Waals surface area contributed by atoms with Gasteiger partial charge in [-0.05, 0) is 30.0 Å². The van der Waals surface area contributed by atoms with Crippen LogP contribution >= 0.6 is 0 Å². The van der Waals surface area contributed by atoms with Gasteiger partial charge in [-0.25, -0.2) is 9.18 Å². The molecule has 0 radical (unpaired) electrons. The number of amidine groups is 1. The van der Waals surface area contributed by atoms with Crippen molar-refractivity contribution in [2.24, 2.45) is 0 Å². The van der Waals surface area contributed by atoms with Crippen molar-refractivity contribution in [1.82, 2.24) is 25.3 Å². The average molecular weight is 521 g/mol. The Balaban J connectivity index is 1.23. The summed E-state index contributed by atoms with van der Waals surface area (Å²) in [5.41, 5.74) is 0.0186. The minimum Gasteiger partial charge on any atom is -0.494 e. The smallest absolute Gasteiger partial charge is 0.322 e. The normalized spacial score (nSPS) is 23.4. The Hall–Kier alpha value is -3.99. The fourth-order valence-corrected chi connectivity index (χ4v) is 5.71. The first kappa shape index (κ1) is 24.4. The maximum absolute atomic E-state index is 14.9. The zero-order valence-electron chi connectivity index (χ0n) is 21.1. The van der Waals surface area contributed by atoms with Crippen LogP contribution in [0, 0.1) is 11.2 Å². The monoisotopic (exact) mass is 520 g/mol. The van der Waals surface area contributed by atoms with Crippen molar-refractivity contribution < 1.29 is 23.5 Å². The van der Waals surface area contributed by atoms with E-state index in [0.717, 1.165) is 26.2 Å². The number of urea groups is 1. The molecular formula is C27H29FN6O4. The number of hydrogen-bond acceptors (Lipinski definition) is 6. The van der Waals surface area contributed by atoms with Crippen LogP contribution in [-0.4, -0.2) is 84.3 Å². The van der Waals surface area contributed by atoms with Gasteiger partial charge in [-0.2, -0.15) is 0 Å². The minimum atomic E-state index is -1.55. The first-order valence-corrected chi connectivity index (χ1v) is 12.8. The molecule has 0 unspecified atom stereocenters. The number of ether oxygens (including phenoxy) is 1. The molecule has 0 bridgehead atoms. The lowest BCUT2D eigenvalue weighted by molar-refractivity contribution is -0.124. The topological polar surface area (TPSA) is 118 Å². The molecule has 2 aromatic carbocycles. The molecule has 0 aromatic heterocycles. The van der Waals surface area contributed by atoms with Crippen molar-refractivity contribution in [2.75, 3.05) is 39.8 Å². The van der Waals surface area contributed by atoms with Gasteiger partial charge < -0.3 is 19.9 Å². The zero-order valence-corrected chi connectivity index (χ0v) is 21.1. The van der Waals surface area contributed by atoms with Crippen molar-refractivity contribution in [3.8, 4) is 5.75 Å². The molecule has 11 heteroatoms. The van der Waals surface area contributed by atoms with Crippen LogP contribution in [0.15, 0.2) is 36.4 Å². The number of piperazine rings is 1. The van der Waals surface area contributed by atoms with Gasteiger partial charge in [0.1, 0.15) is 5.84 Å². The van der Waals surface area contributed by atoms with E-state index in [2.05, 4.69) is 20.4 Å². The number of halogens is 1. The molecule has 3 aliphatic heterocycles. The van der Waals surface area contributed by atoms with Crippen LogP contribution in [0.25, 0.3) is 0 Å². The van der Waals surface area contributed by atoms with E-state index in [1.54, 1.807) is 30.3 Å². The number of fused-ring (bicyclic) bond motifs is 1. The second-order valence-electron chi connectivity index (χ2n) is 10.3. The highest BCUT2D eigenvalue weighted by Crippen LogP contribution is 2.35. The molecule has 3 fully saturated rings. The molecule has 4 aliphatic rings. The van der Waals surface area contributed by atoms with E-state index in [0.29, 0.717) is 28.6 Å². The fraction of sp³-hybridized carbons (Fsp3) is 0.407. The summed E-state index contributed by atoms with van der Waals surface area (Å²) in [5, 5.41) is 13.7. The molecule has 198 valence electrons. The number of methoxy groups -OCH3 is 1. The molecule has 38 heavy (non-hydrogen) atoms. The van der Waals surface area contributed by atoms with E-state index in [4.69, 9.17) is 10.1 Å². The predicted octanol–water partition coefficient (Wildman–Crippen LogP) is 1.63. The summed E-state index contributed by atoms with van der Waals surface area (Å²) in [7, 11) is 1.33. The lowest BCUT2D eigenvalue weighted by Crippen LogP contribution is -2.52.